The van der Waals surface area contributed by atoms with Crippen LogP contribution >= 0.6 is 0 Å². The molecule has 2 saturated heterocycles. The van der Waals surface area contributed by atoms with Gasteiger partial charge in [-0.3, -0.25) is 14.6 Å². The highest BCUT2D eigenvalue weighted by atomic mass is 16.2. The number of aromatic nitrogens is 1. The second-order valence-electron chi connectivity index (χ2n) is 9.56. The van der Waals surface area contributed by atoms with Gasteiger partial charge in [0.15, 0.2) is 0 Å². The van der Waals surface area contributed by atoms with Crippen LogP contribution in [0.25, 0.3) is 5.52 Å². The van der Waals surface area contributed by atoms with E-state index in [1.54, 1.807) is 0 Å². The first-order chi connectivity index (χ1) is 14.6. The molecule has 4 heterocycles. The third kappa shape index (κ3) is 4.08. The summed E-state index contributed by atoms with van der Waals surface area (Å²) >= 11 is 0. The van der Waals surface area contributed by atoms with E-state index in [0.29, 0.717) is 6.04 Å². The van der Waals surface area contributed by atoms with E-state index < -0.39 is 0 Å². The van der Waals surface area contributed by atoms with Crippen LogP contribution in [0.2, 0.25) is 0 Å². The molecular weight excluding hydrogens is 374 g/mol. The minimum Gasteiger partial charge on any atom is -0.355 e. The van der Waals surface area contributed by atoms with Crippen LogP contribution in [0.15, 0.2) is 30.5 Å². The molecule has 0 spiro atoms. The second kappa shape index (κ2) is 8.23. The highest BCUT2D eigenvalue weighted by molar-refractivity contribution is 5.94. The number of rotatable bonds is 5. The fraction of sp³-hybridized carbons (Fsp3) is 0.625. The summed E-state index contributed by atoms with van der Waals surface area (Å²) in [5, 5.41) is 0. The molecule has 6 heteroatoms. The van der Waals surface area contributed by atoms with Crippen molar-refractivity contribution in [1.82, 2.24) is 19.1 Å². The van der Waals surface area contributed by atoms with Gasteiger partial charge in [-0.05, 0) is 56.9 Å². The summed E-state index contributed by atoms with van der Waals surface area (Å²) in [6, 6.07) is 9.00. The third-order valence-electron chi connectivity index (χ3n) is 7.12. The number of hydrogen-bond donors (Lipinski definition) is 0. The number of nitrogens with zero attached hydrogens (tertiary/aromatic N) is 5. The van der Waals surface area contributed by atoms with Crippen molar-refractivity contribution >= 4 is 17.2 Å². The monoisotopic (exact) mass is 409 g/mol. The normalized spacial score (nSPS) is 21.7. The summed E-state index contributed by atoms with van der Waals surface area (Å²) in [6.07, 6.45) is 4.90. The molecule has 6 nitrogen and oxygen atoms in total. The number of anilines is 1. The minimum atomic E-state index is 0.161. The molecule has 0 N–H and O–H groups in total. The zero-order valence-electron chi connectivity index (χ0n) is 18.5. The van der Waals surface area contributed by atoms with Crippen molar-refractivity contribution < 1.29 is 4.79 Å². The molecule has 30 heavy (non-hydrogen) atoms. The molecule has 0 atom stereocenters. The van der Waals surface area contributed by atoms with Crippen molar-refractivity contribution in [3.8, 4) is 0 Å². The number of fused-ring (bicyclic) bond motifs is 1. The Morgan fingerprint density at radius 2 is 1.63 bits per heavy atom. The van der Waals surface area contributed by atoms with Gasteiger partial charge in [-0.15, -0.1) is 0 Å². The first kappa shape index (κ1) is 19.9. The van der Waals surface area contributed by atoms with Crippen LogP contribution in [-0.4, -0.2) is 90.0 Å². The zero-order valence-corrected chi connectivity index (χ0v) is 18.5. The maximum Gasteiger partial charge on any atom is 0.255 e. The molecule has 2 aromatic rings. The number of carbonyl (C=O) groups is 1. The molecule has 1 aliphatic carbocycles. The molecule has 2 aliphatic heterocycles. The molecule has 5 rings (SSSR count). The smallest absolute Gasteiger partial charge is 0.255 e. The molecule has 1 saturated carbocycles. The molecule has 2 aromatic heterocycles. The Bertz CT molecular complexity index is 886. The lowest BCUT2D eigenvalue weighted by Gasteiger charge is -2.37. The van der Waals surface area contributed by atoms with Crippen molar-refractivity contribution in [3.05, 3.63) is 36.0 Å². The van der Waals surface area contributed by atoms with Crippen LogP contribution in [0.1, 0.15) is 37.0 Å². The molecule has 0 bridgehead atoms. The van der Waals surface area contributed by atoms with E-state index in [2.05, 4.69) is 57.3 Å². The van der Waals surface area contributed by atoms with Crippen molar-refractivity contribution in [1.29, 1.82) is 0 Å². The first-order valence-electron chi connectivity index (χ1n) is 11.7. The summed E-state index contributed by atoms with van der Waals surface area (Å²) in [4.78, 5) is 22.7. The van der Waals surface area contributed by atoms with Gasteiger partial charge in [-0.25, -0.2) is 0 Å². The van der Waals surface area contributed by atoms with Gasteiger partial charge in [-0.2, -0.15) is 0 Å². The van der Waals surface area contributed by atoms with E-state index in [9.17, 15) is 4.79 Å². The molecule has 1 amide bonds. The number of piperazine rings is 2. The molecule has 162 valence electrons. The highest BCUT2D eigenvalue weighted by Gasteiger charge is 2.27. The summed E-state index contributed by atoms with van der Waals surface area (Å²) in [5.41, 5.74) is 1.96. The average molecular weight is 410 g/mol. The van der Waals surface area contributed by atoms with E-state index in [4.69, 9.17) is 0 Å². The van der Waals surface area contributed by atoms with Gasteiger partial charge in [-0.1, -0.05) is 0 Å². The third-order valence-corrected chi connectivity index (χ3v) is 7.12. The lowest BCUT2D eigenvalue weighted by molar-refractivity contribution is 0.0595. The molecule has 3 fully saturated rings. The maximum absolute atomic E-state index is 13.2. The van der Waals surface area contributed by atoms with Gasteiger partial charge >= 0.3 is 0 Å². The largest absolute Gasteiger partial charge is 0.355 e. The van der Waals surface area contributed by atoms with Gasteiger partial charge in [0.2, 0.25) is 0 Å². The quantitative estimate of drug-likeness (QED) is 0.760. The van der Waals surface area contributed by atoms with Crippen LogP contribution in [0, 0.1) is 5.92 Å². The van der Waals surface area contributed by atoms with Crippen molar-refractivity contribution in [3.63, 3.8) is 0 Å². The lowest BCUT2D eigenvalue weighted by atomic mass is 10.2. The SMILES string of the molecule is CC(C)N1CCN(C(=O)c2ccc3ccc(N4CCN(CC5CC5)CC4)n3c2)CC1. The number of pyridine rings is 1. The van der Waals surface area contributed by atoms with Gasteiger partial charge in [0.05, 0.1) is 5.56 Å². The summed E-state index contributed by atoms with van der Waals surface area (Å²) < 4.78 is 2.22. The van der Waals surface area contributed by atoms with Crippen LogP contribution in [-0.2, 0) is 0 Å². The number of hydrogen-bond acceptors (Lipinski definition) is 4. The van der Waals surface area contributed by atoms with E-state index in [1.807, 2.05) is 11.0 Å². The summed E-state index contributed by atoms with van der Waals surface area (Å²) in [7, 11) is 0. The maximum atomic E-state index is 13.2. The lowest BCUT2D eigenvalue weighted by Crippen LogP contribution is -2.50. The number of amides is 1. The Labute approximate surface area is 180 Å². The second-order valence-corrected chi connectivity index (χ2v) is 9.56. The predicted molar refractivity (Wildman–Crippen MR) is 121 cm³/mol. The Morgan fingerprint density at radius 3 is 2.30 bits per heavy atom. The molecule has 3 aliphatic rings. The Balaban J connectivity index is 1.28. The first-order valence-corrected chi connectivity index (χ1v) is 11.7. The molecular formula is C24H35N5O. The predicted octanol–water partition coefficient (Wildman–Crippen LogP) is 2.64. The topological polar surface area (TPSA) is 34.4 Å². The van der Waals surface area contributed by atoms with Crippen LogP contribution in [0.5, 0.6) is 0 Å². The number of carbonyl (C=O) groups excluding carboxylic acids is 1. The van der Waals surface area contributed by atoms with Gasteiger partial charge < -0.3 is 14.2 Å². The van der Waals surface area contributed by atoms with E-state index in [0.717, 1.165) is 69.4 Å². The van der Waals surface area contributed by atoms with E-state index >= 15 is 0 Å². The Morgan fingerprint density at radius 1 is 0.933 bits per heavy atom. The minimum absolute atomic E-state index is 0.161. The van der Waals surface area contributed by atoms with Crippen molar-refractivity contribution in [2.75, 3.05) is 63.8 Å². The van der Waals surface area contributed by atoms with Crippen molar-refractivity contribution in [2.45, 2.75) is 32.7 Å². The summed E-state index contributed by atoms with van der Waals surface area (Å²) in [6.45, 7) is 13.7. The van der Waals surface area contributed by atoms with E-state index in [1.165, 1.54) is 25.2 Å². The highest BCUT2D eigenvalue weighted by Crippen LogP contribution is 2.30. The average Bonchev–Trinajstić information content (AvgIpc) is 3.49. The van der Waals surface area contributed by atoms with Crippen LogP contribution in [0.4, 0.5) is 5.82 Å². The standard InChI is InChI=1S/C24H35N5O/c1-19(2)26-13-15-28(16-14-26)24(30)21-5-6-22-7-8-23(29(22)18-21)27-11-9-25(10-12-27)17-20-3-4-20/h5-8,18-20H,3-4,9-17H2,1-2H3. The van der Waals surface area contributed by atoms with Crippen LogP contribution in [0.3, 0.4) is 0 Å². The van der Waals surface area contributed by atoms with Gasteiger partial charge in [0, 0.05) is 76.7 Å². The Kier molecular flexibility index (Phi) is 5.46. The van der Waals surface area contributed by atoms with Gasteiger partial charge in [0.25, 0.3) is 5.91 Å². The zero-order chi connectivity index (χ0) is 20.7. The van der Waals surface area contributed by atoms with Gasteiger partial charge in [0.1, 0.15) is 5.82 Å². The molecule has 0 radical (unpaired) electrons. The van der Waals surface area contributed by atoms with Crippen molar-refractivity contribution in [2.24, 2.45) is 5.92 Å². The fourth-order valence-corrected chi connectivity index (χ4v) is 4.92. The Hall–Kier alpha value is -2.05. The summed E-state index contributed by atoms with van der Waals surface area (Å²) in [5.74, 6) is 2.34. The van der Waals surface area contributed by atoms with E-state index in [-0.39, 0.29) is 5.91 Å². The molecule has 0 unspecified atom stereocenters. The molecule has 0 aromatic carbocycles. The fourth-order valence-electron chi connectivity index (χ4n) is 4.92. The van der Waals surface area contributed by atoms with Crippen LogP contribution < -0.4 is 4.90 Å².